The average Bonchev–Trinajstić information content (AvgIpc) is 3.53. The SMILES string of the molecule is Cc1csc(NCCC[C@H]2CN(C(=O)C(N)Cc3ccc4ccccc4c3)[C@H](CC(C)C)CN2C(=O)C(N)Cc2ccc3ccccc3c2)n1. The number of benzene rings is 4. The lowest BCUT2D eigenvalue weighted by Crippen LogP contribution is -2.65. The molecule has 6 rings (SSSR count). The van der Waals surface area contributed by atoms with Gasteiger partial charge in [0.2, 0.25) is 11.8 Å². The smallest absolute Gasteiger partial charge is 0.240 e. The standard InChI is InChI=1S/C41H50N6O2S/c1-27(2)19-36-25-46(39(48)37(42)22-29-14-16-31-9-4-6-11-33(31)20-29)35(13-8-18-44-41-45-28(3)26-50-41)24-47(36)40(49)38(43)23-30-15-17-32-10-5-7-12-34(32)21-30/h4-7,9-12,14-17,20-21,26-27,35-38H,8,13,18-19,22-25,42-43H2,1-3H3,(H,44,45)/t35-,36+,37?,38?/m0/s1. The Morgan fingerprint density at radius 2 is 1.32 bits per heavy atom. The summed E-state index contributed by atoms with van der Waals surface area (Å²) in [4.78, 5) is 37.0. The third-order valence-corrected chi connectivity index (χ3v) is 10.7. The molecule has 1 fully saturated rings. The zero-order valence-electron chi connectivity index (χ0n) is 29.4. The summed E-state index contributed by atoms with van der Waals surface area (Å²) in [5, 5.41) is 10.9. The van der Waals surface area contributed by atoms with Crippen molar-refractivity contribution in [3.05, 3.63) is 107 Å². The second-order valence-electron chi connectivity index (χ2n) is 14.3. The Hall–Kier alpha value is -4.31. The van der Waals surface area contributed by atoms with Gasteiger partial charge in [-0.1, -0.05) is 98.8 Å². The number of carbonyl (C=O) groups excluding carboxylic acids is 2. The van der Waals surface area contributed by atoms with Crippen molar-refractivity contribution < 1.29 is 9.59 Å². The first-order valence-corrected chi connectivity index (χ1v) is 18.8. The first kappa shape index (κ1) is 35.5. The fraction of sp³-hybridized carbons (Fsp3) is 0.390. The van der Waals surface area contributed by atoms with Crippen molar-refractivity contribution in [1.82, 2.24) is 14.8 Å². The predicted octanol–water partition coefficient (Wildman–Crippen LogP) is 6.54. The van der Waals surface area contributed by atoms with Crippen molar-refractivity contribution in [3.8, 4) is 0 Å². The highest BCUT2D eigenvalue weighted by Gasteiger charge is 2.40. The van der Waals surface area contributed by atoms with Gasteiger partial charge in [-0.25, -0.2) is 4.98 Å². The number of piperazine rings is 1. The molecule has 0 bridgehead atoms. The summed E-state index contributed by atoms with van der Waals surface area (Å²) in [6.07, 6.45) is 3.22. The number of amides is 2. The van der Waals surface area contributed by atoms with Crippen LogP contribution in [0.1, 0.15) is 49.9 Å². The molecule has 8 nitrogen and oxygen atoms in total. The van der Waals surface area contributed by atoms with Crippen LogP contribution in [0.4, 0.5) is 5.13 Å². The molecule has 1 aliphatic heterocycles. The Kier molecular flexibility index (Phi) is 11.5. The number of thiazole rings is 1. The van der Waals surface area contributed by atoms with E-state index in [1.54, 1.807) is 11.3 Å². The molecule has 5 aromatic rings. The van der Waals surface area contributed by atoms with Crippen LogP contribution < -0.4 is 16.8 Å². The molecule has 4 aromatic carbocycles. The number of rotatable bonds is 13. The number of carbonyl (C=O) groups is 2. The van der Waals surface area contributed by atoms with E-state index >= 15 is 0 Å². The number of fused-ring (bicyclic) bond motifs is 2. The highest BCUT2D eigenvalue weighted by atomic mass is 32.1. The Morgan fingerprint density at radius 3 is 1.84 bits per heavy atom. The van der Waals surface area contributed by atoms with E-state index in [4.69, 9.17) is 11.5 Å². The molecule has 262 valence electrons. The van der Waals surface area contributed by atoms with Crippen LogP contribution >= 0.6 is 11.3 Å². The molecule has 1 aliphatic rings. The first-order valence-electron chi connectivity index (χ1n) is 17.9. The molecule has 2 heterocycles. The number of nitrogens with two attached hydrogens (primary N) is 2. The van der Waals surface area contributed by atoms with E-state index in [0.29, 0.717) is 31.8 Å². The molecule has 9 heteroatoms. The number of aryl methyl sites for hydroxylation is 1. The van der Waals surface area contributed by atoms with Crippen LogP contribution in [0.15, 0.2) is 90.3 Å². The Morgan fingerprint density at radius 1 is 0.800 bits per heavy atom. The molecule has 5 N–H and O–H groups in total. The largest absolute Gasteiger partial charge is 0.362 e. The summed E-state index contributed by atoms with van der Waals surface area (Å²) >= 11 is 1.59. The number of nitrogens with one attached hydrogen (secondary N) is 1. The first-order chi connectivity index (χ1) is 24.1. The van der Waals surface area contributed by atoms with Crippen molar-refractivity contribution in [3.63, 3.8) is 0 Å². The number of anilines is 1. The number of hydrogen-bond donors (Lipinski definition) is 3. The fourth-order valence-corrected chi connectivity index (χ4v) is 8.01. The molecule has 4 atom stereocenters. The maximum absolute atomic E-state index is 14.3. The zero-order valence-corrected chi connectivity index (χ0v) is 30.2. The van der Waals surface area contributed by atoms with E-state index in [2.05, 4.69) is 84.8 Å². The quantitative estimate of drug-likeness (QED) is 0.121. The summed E-state index contributed by atoms with van der Waals surface area (Å²) in [6.45, 7) is 7.91. The Balaban J connectivity index is 1.20. The number of hydrogen-bond acceptors (Lipinski definition) is 7. The predicted molar refractivity (Wildman–Crippen MR) is 206 cm³/mol. The maximum Gasteiger partial charge on any atom is 0.240 e. The van der Waals surface area contributed by atoms with Crippen LogP contribution in [0.25, 0.3) is 21.5 Å². The summed E-state index contributed by atoms with van der Waals surface area (Å²) in [5.74, 6) is 0.212. The summed E-state index contributed by atoms with van der Waals surface area (Å²) in [7, 11) is 0. The van der Waals surface area contributed by atoms with E-state index in [1.807, 2.05) is 46.4 Å². The lowest BCUT2D eigenvalue weighted by Gasteiger charge is -2.48. The Labute approximate surface area is 299 Å². The normalized spacial score (nSPS) is 17.7. The van der Waals surface area contributed by atoms with Gasteiger partial charge in [-0.2, -0.15) is 0 Å². The van der Waals surface area contributed by atoms with E-state index < -0.39 is 12.1 Å². The van der Waals surface area contributed by atoms with Crippen LogP contribution in [0.2, 0.25) is 0 Å². The van der Waals surface area contributed by atoms with Gasteiger partial charge in [-0.05, 0) is 77.6 Å². The van der Waals surface area contributed by atoms with Gasteiger partial charge in [0, 0.05) is 37.1 Å². The van der Waals surface area contributed by atoms with Crippen LogP contribution in [-0.2, 0) is 22.4 Å². The molecule has 1 aromatic heterocycles. The molecule has 0 radical (unpaired) electrons. The molecule has 2 unspecified atom stereocenters. The minimum absolute atomic E-state index is 0.0576. The van der Waals surface area contributed by atoms with Gasteiger partial charge >= 0.3 is 0 Å². The highest BCUT2D eigenvalue weighted by molar-refractivity contribution is 7.13. The molecular weight excluding hydrogens is 641 g/mol. The van der Waals surface area contributed by atoms with Crippen LogP contribution in [-0.4, -0.2) is 70.4 Å². The van der Waals surface area contributed by atoms with E-state index in [-0.39, 0.29) is 23.9 Å². The molecule has 0 saturated carbocycles. The molecule has 1 saturated heterocycles. The lowest BCUT2D eigenvalue weighted by molar-refractivity contribution is -0.149. The zero-order chi connectivity index (χ0) is 35.2. The van der Waals surface area contributed by atoms with Crippen molar-refractivity contribution in [2.45, 2.75) is 77.0 Å². The summed E-state index contributed by atoms with van der Waals surface area (Å²) in [5.41, 5.74) is 16.5. The molecule has 0 spiro atoms. The highest BCUT2D eigenvalue weighted by Crippen LogP contribution is 2.27. The van der Waals surface area contributed by atoms with Crippen LogP contribution in [0, 0.1) is 12.8 Å². The number of nitrogens with zero attached hydrogens (tertiary/aromatic N) is 3. The van der Waals surface area contributed by atoms with Crippen LogP contribution in [0.5, 0.6) is 0 Å². The number of aromatic nitrogens is 1. The lowest BCUT2D eigenvalue weighted by atomic mass is 9.93. The van der Waals surface area contributed by atoms with Gasteiger partial charge in [0.1, 0.15) is 0 Å². The van der Waals surface area contributed by atoms with Gasteiger partial charge in [0.05, 0.1) is 17.8 Å². The van der Waals surface area contributed by atoms with E-state index in [0.717, 1.165) is 69.3 Å². The third-order valence-electron chi connectivity index (χ3n) is 9.79. The molecular formula is C41H50N6O2S. The van der Waals surface area contributed by atoms with Gasteiger partial charge in [0.25, 0.3) is 0 Å². The van der Waals surface area contributed by atoms with E-state index in [1.165, 1.54) is 0 Å². The van der Waals surface area contributed by atoms with Crippen molar-refractivity contribution in [1.29, 1.82) is 0 Å². The molecule has 50 heavy (non-hydrogen) atoms. The van der Waals surface area contributed by atoms with Gasteiger partial charge in [0.15, 0.2) is 5.13 Å². The summed E-state index contributed by atoms with van der Waals surface area (Å²) < 4.78 is 0. The maximum atomic E-state index is 14.3. The monoisotopic (exact) mass is 690 g/mol. The molecule has 2 amide bonds. The average molecular weight is 691 g/mol. The van der Waals surface area contributed by atoms with Crippen molar-refractivity contribution in [2.24, 2.45) is 17.4 Å². The second-order valence-corrected chi connectivity index (χ2v) is 15.1. The van der Waals surface area contributed by atoms with Crippen LogP contribution in [0.3, 0.4) is 0 Å². The second kappa shape index (κ2) is 16.1. The Bertz CT molecular complexity index is 1920. The fourth-order valence-electron chi connectivity index (χ4n) is 7.29. The minimum Gasteiger partial charge on any atom is -0.362 e. The van der Waals surface area contributed by atoms with Crippen molar-refractivity contribution in [2.75, 3.05) is 25.0 Å². The van der Waals surface area contributed by atoms with Gasteiger partial charge < -0.3 is 26.6 Å². The summed E-state index contributed by atoms with van der Waals surface area (Å²) in [6, 6.07) is 27.3. The molecule has 0 aliphatic carbocycles. The third kappa shape index (κ3) is 8.70. The van der Waals surface area contributed by atoms with Crippen molar-refractivity contribution >= 4 is 49.8 Å². The van der Waals surface area contributed by atoms with E-state index in [9.17, 15) is 9.59 Å². The van der Waals surface area contributed by atoms with Gasteiger partial charge in [-0.3, -0.25) is 9.59 Å². The van der Waals surface area contributed by atoms with Gasteiger partial charge in [-0.15, -0.1) is 11.3 Å². The minimum atomic E-state index is -0.688. The topological polar surface area (TPSA) is 118 Å².